The molecule has 2 unspecified atom stereocenters. The van der Waals surface area contributed by atoms with Crippen LogP contribution in [0.25, 0.3) is 0 Å². The molecule has 1 aliphatic rings. The minimum absolute atomic E-state index is 0.452. The van der Waals surface area contributed by atoms with Crippen LogP contribution in [-0.4, -0.2) is 13.7 Å². The molecule has 0 aliphatic heterocycles. The van der Waals surface area contributed by atoms with Crippen molar-refractivity contribution < 1.29 is 8.42 Å². The van der Waals surface area contributed by atoms with Crippen LogP contribution in [0.4, 0.5) is 11.4 Å². The zero-order valence-electron chi connectivity index (χ0n) is 18.0. The summed E-state index contributed by atoms with van der Waals surface area (Å²) in [5.41, 5.74) is 4.27. The van der Waals surface area contributed by atoms with Crippen LogP contribution in [0.5, 0.6) is 0 Å². The van der Waals surface area contributed by atoms with Gasteiger partial charge in [0.1, 0.15) is 0 Å². The molecule has 2 aromatic carbocycles. The van der Waals surface area contributed by atoms with Gasteiger partial charge in [0, 0.05) is 17.9 Å². The Balaban J connectivity index is 1.55. The van der Waals surface area contributed by atoms with Gasteiger partial charge in [-0.2, -0.15) is 0 Å². The predicted octanol–water partition coefficient (Wildman–Crippen LogP) is 5.99. The highest BCUT2D eigenvalue weighted by atomic mass is 32.2. The summed E-state index contributed by atoms with van der Waals surface area (Å²) in [6, 6.07) is 16.4. The van der Waals surface area contributed by atoms with E-state index < -0.39 is 15.3 Å². The number of nitrogens with one attached hydrogen (secondary N) is 2. The second-order valence-corrected chi connectivity index (χ2v) is 11.2. The molecule has 1 fully saturated rings. The highest BCUT2D eigenvalue weighted by Gasteiger charge is 2.24. The van der Waals surface area contributed by atoms with Gasteiger partial charge < -0.3 is 5.32 Å². The van der Waals surface area contributed by atoms with Gasteiger partial charge in [0.2, 0.25) is 10.0 Å². The van der Waals surface area contributed by atoms with Gasteiger partial charge in [0.05, 0.1) is 5.25 Å². The second-order valence-electron chi connectivity index (χ2n) is 8.98. The SMILES string of the molecule is CC1CC(C)CC(c2ccc(NCc3ccc(NS(=O)(=O)C(C)C)cc3)cc2)C1. The van der Waals surface area contributed by atoms with Crippen LogP contribution in [0.3, 0.4) is 0 Å². The third kappa shape index (κ3) is 5.99. The molecule has 0 saturated heterocycles. The fraction of sp³-hybridized carbons (Fsp3) is 0.500. The normalized spacial score (nSPS) is 22.4. The summed E-state index contributed by atoms with van der Waals surface area (Å²) < 4.78 is 26.5. The van der Waals surface area contributed by atoms with E-state index in [0.717, 1.165) is 23.1 Å². The first-order chi connectivity index (χ1) is 13.7. The van der Waals surface area contributed by atoms with Gasteiger partial charge in [-0.25, -0.2) is 8.42 Å². The van der Waals surface area contributed by atoms with E-state index in [9.17, 15) is 8.42 Å². The standard InChI is InChI=1S/C24H34N2O2S/c1-17(2)29(27,28)26-24-9-5-20(6-10-24)16-25-23-11-7-21(8-12-23)22-14-18(3)13-19(4)15-22/h5-12,17-19,22,25-26H,13-16H2,1-4H3. The van der Waals surface area contributed by atoms with Crippen LogP contribution < -0.4 is 10.0 Å². The van der Waals surface area contributed by atoms with E-state index in [-0.39, 0.29) is 0 Å². The molecule has 158 valence electrons. The number of hydrogen-bond acceptors (Lipinski definition) is 3. The molecular weight excluding hydrogens is 380 g/mol. The van der Waals surface area contributed by atoms with Gasteiger partial charge in [-0.15, -0.1) is 0 Å². The van der Waals surface area contributed by atoms with E-state index in [1.54, 1.807) is 13.8 Å². The molecule has 5 heteroatoms. The maximum atomic E-state index is 11.9. The summed E-state index contributed by atoms with van der Waals surface area (Å²) >= 11 is 0. The van der Waals surface area contributed by atoms with Crippen LogP contribution >= 0.6 is 0 Å². The molecule has 0 aromatic heterocycles. The summed E-state index contributed by atoms with van der Waals surface area (Å²) in [5.74, 6) is 2.31. The lowest BCUT2D eigenvalue weighted by Gasteiger charge is -2.31. The topological polar surface area (TPSA) is 58.2 Å². The van der Waals surface area contributed by atoms with Crippen molar-refractivity contribution in [1.29, 1.82) is 0 Å². The molecule has 0 spiro atoms. The summed E-state index contributed by atoms with van der Waals surface area (Å²) in [6.45, 7) is 8.78. The zero-order valence-corrected chi connectivity index (χ0v) is 18.8. The summed E-state index contributed by atoms with van der Waals surface area (Å²) in [7, 11) is -3.31. The molecule has 2 atom stereocenters. The average molecular weight is 415 g/mol. The molecule has 1 aliphatic carbocycles. The monoisotopic (exact) mass is 414 g/mol. The molecule has 0 radical (unpaired) electrons. The average Bonchev–Trinajstić information content (AvgIpc) is 2.67. The number of rotatable bonds is 7. The second kappa shape index (κ2) is 9.21. The Kier molecular flexibility index (Phi) is 6.89. The Labute approximate surface area is 176 Å². The van der Waals surface area contributed by atoms with Crippen molar-refractivity contribution in [2.75, 3.05) is 10.0 Å². The van der Waals surface area contributed by atoms with E-state index in [4.69, 9.17) is 0 Å². The van der Waals surface area contributed by atoms with Crippen LogP contribution in [0.1, 0.15) is 64.0 Å². The Morgan fingerprint density at radius 3 is 1.97 bits per heavy atom. The molecule has 2 N–H and O–H groups in total. The predicted molar refractivity (Wildman–Crippen MR) is 123 cm³/mol. The molecular formula is C24H34N2O2S. The number of hydrogen-bond donors (Lipinski definition) is 2. The smallest absolute Gasteiger partial charge is 0.235 e. The fourth-order valence-electron chi connectivity index (χ4n) is 4.27. The Bertz CT molecular complexity index is 879. The van der Waals surface area contributed by atoms with E-state index in [2.05, 4.69) is 48.2 Å². The fourth-order valence-corrected chi connectivity index (χ4v) is 4.97. The zero-order chi connectivity index (χ0) is 21.0. The van der Waals surface area contributed by atoms with E-state index in [0.29, 0.717) is 18.2 Å². The quantitative estimate of drug-likeness (QED) is 0.585. The minimum Gasteiger partial charge on any atom is -0.381 e. The molecule has 0 amide bonds. The Hall–Kier alpha value is -2.01. The van der Waals surface area contributed by atoms with E-state index in [1.165, 1.54) is 24.8 Å². The molecule has 4 nitrogen and oxygen atoms in total. The largest absolute Gasteiger partial charge is 0.381 e. The Morgan fingerprint density at radius 1 is 0.862 bits per heavy atom. The van der Waals surface area contributed by atoms with Crippen molar-refractivity contribution in [2.45, 2.75) is 64.7 Å². The summed E-state index contributed by atoms with van der Waals surface area (Å²) in [5, 5.41) is 3.00. The Morgan fingerprint density at radius 2 is 1.41 bits per heavy atom. The summed E-state index contributed by atoms with van der Waals surface area (Å²) in [6.07, 6.45) is 3.95. The number of sulfonamides is 1. The van der Waals surface area contributed by atoms with Crippen LogP contribution in [0, 0.1) is 11.8 Å². The van der Waals surface area contributed by atoms with Crippen molar-refractivity contribution in [3.8, 4) is 0 Å². The number of anilines is 2. The molecule has 0 heterocycles. The lowest BCUT2D eigenvalue weighted by molar-refractivity contribution is 0.268. The van der Waals surface area contributed by atoms with Crippen molar-refractivity contribution >= 4 is 21.4 Å². The van der Waals surface area contributed by atoms with Crippen molar-refractivity contribution in [3.05, 3.63) is 59.7 Å². The van der Waals surface area contributed by atoms with Gasteiger partial charge in [-0.05, 0) is 86.3 Å². The highest BCUT2D eigenvalue weighted by molar-refractivity contribution is 7.93. The van der Waals surface area contributed by atoms with Crippen molar-refractivity contribution in [2.24, 2.45) is 11.8 Å². The molecule has 1 saturated carbocycles. The van der Waals surface area contributed by atoms with Crippen LogP contribution in [0.15, 0.2) is 48.5 Å². The first kappa shape index (κ1) is 21.7. The van der Waals surface area contributed by atoms with Gasteiger partial charge >= 0.3 is 0 Å². The van der Waals surface area contributed by atoms with Gasteiger partial charge in [-0.1, -0.05) is 38.1 Å². The van der Waals surface area contributed by atoms with Gasteiger partial charge in [0.15, 0.2) is 0 Å². The van der Waals surface area contributed by atoms with Crippen LogP contribution in [0.2, 0.25) is 0 Å². The molecule has 0 bridgehead atoms. The maximum Gasteiger partial charge on any atom is 0.235 e. The van der Waals surface area contributed by atoms with E-state index >= 15 is 0 Å². The maximum absolute atomic E-state index is 11.9. The molecule has 3 rings (SSSR count). The van der Waals surface area contributed by atoms with Gasteiger partial charge in [-0.3, -0.25) is 4.72 Å². The van der Waals surface area contributed by atoms with Crippen molar-refractivity contribution in [3.63, 3.8) is 0 Å². The lowest BCUT2D eigenvalue weighted by atomic mass is 9.74. The minimum atomic E-state index is -3.31. The number of benzene rings is 2. The van der Waals surface area contributed by atoms with Crippen molar-refractivity contribution in [1.82, 2.24) is 0 Å². The summed E-state index contributed by atoms with van der Waals surface area (Å²) in [4.78, 5) is 0. The molecule has 2 aromatic rings. The van der Waals surface area contributed by atoms with Crippen LogP contribution in [-0.2, 0) is 16.6 Å². The van der Waals surface area contributed by atoms with E-state index in [1.807, 2.05) is 24.3 Å². The highest BCUT2D eigenvalue weighted by Crippen LogP contribution is 2.39. The molecule has 29 heavy (non-hydrogen) atoms. The first-order valence-corrected chi connectivity index (χ1v) is 12.2. The lowest BCUT2D eigenvalue weighted by Crippen LogP contribution is -2.22. The van der Waals surface area contributed by atoms with Gasteiger partial charge in [0.25, 0.3) is 0 Å². The third-order valence-electron chi connectivity index (χ3n) is 5.89. The third-order valence-corrected chi connectivity index (χ3v) is 7.65. The first-order valence-electron chi connectivity index (χ1n) is 10.7.